The molecule has 2 nitrogen and oxygen atoms in total. The summed E-state index contributed by atoms with van der Waals surface area (Å²) in [7, 11) is 0. The Labute approximate surface area is 89.7 Å². The highest BCUT2D eigenvalue weighted by Gasteiger charge is 2.21. The number of hydrogen-bond donors (Lipinski definition) is 1. The molecule has 0 radical (unpaired) electrons. The topological polar surface area (TPSA) is 30.9 Å². The Hall–Kier alpha value is -1.28. The lowest BCUT2D eigenvalue weighted by Gasteiger charge is -2.05. The summed E-state index contributed by atoms with van der Waals surface area (Å²) in [4.78, 5) is 0. The second kappa shape index (κ2) is 3.11. The third kappa shape index (κ3) is 1.29. The van der Waals surface area contributed by atoms with E-state index in [0.717, 1.165) is 19.5 Å². The lowest BCUT2D eigenvalue weighted by molar-refractivity contribution is 0.530. The van der Waals surface area contributed by atoms with Crippen LogP contribution in [0, 0.1) is 12.8 Å². The molecule has 3 rings (SSSR count). The average Bonchev–Trinajstić information content (AvgIpc) is 2.75. The van der Waals surface area contributed by atoms with Gasteiger partial charge in [-0.1, -0.05) is 12.1 Å². The molecule has 1 aromatic carbocycles. The van der Waals surface area contributed by atoms with E-state index >= 15 is 0 Å². The van der Waals surface area contributed by atoms with Crippen LogP contribution >= 0.6 is 0 Å². The van der Waals surface area contributed by atoms with Gasteiger partial charge in [-0.15, -0.1) is 0 Å². The minimum Gasteiger partial charge on any atom is -0.344 e. The van der Waals surface area contributed by atoms with E-state index in [9.17, 15) is 0 Å². The lowest BCUT2D eigenvalue weighted by atomic mass is 10.1. The van der Waals surface area contributed by atoms with Gasteiger partial charge in [-0.25, -0.2) is 0 Å². The SMILES string of the molecule is Cc1ccc2cc3n(c2c1)CC(CN)C3. The Bertz CT molecular complexity index is 510. The molecule has 1 aliphatic heterocycles. The van der Waals surface area contributed by atoms with Crippen molar-refractivity contribution in [1.82, 2.24) is 4.57 Å². The Balaban J connectivity index is 2.17. The van der Waals surface area contributed by atoms with Crippen LogP contribution in [0.15, 0.2) is 24.3 Å². The molecule has 1 aliphatic rings. The molecule has 2 aromatic rings. The number of nitrogens with two attached hydrogens (primary N) is 1. The van der Waals surface area contributed by atoms with Crippen LogP contribution in [0.4, 0.5) is 0 Å². The van der Waals surface area contributed by atoms with E-state index < -0.39 is 0 Å². The van der Waals surface area contributed by atoms with Crippen LogP contribution in [0.3, 0.4) is 0 Å². The van der Waals surface area contributed by atoms with Crippen molar-refractivity contribution in [2.45, 2.75) is 19.9 Å². The molecule has 0 saturated heterocycles. The summed E-state index contributed by atoms with van der Waals surface area (Å²) in [6, 6.07) is 8.98. The number of nitrogens with zero attached hydrogens (tertiary/aromatic N) is 1. The van der Waals surface area contributed by atoms with Crippen molar-refractivity contribution >= 4 is 10.9 Å². The van der Waals surface area contributed by atoms with E-state index in [2.05, 4.69) is 35.8 Å². The fraction of sp³-hybridized carbons (Fsp3) is 0.385. The predicted octanol–water partition coefficient (Wildman–Crippen LogP) is 2.08. The van der Waals surface area contributed by atoms with Gasteiger partial charge in [0.15, 0.2) is 0 Å². The van der Waals surface area contributed by atoms with Crippen molar-refractivity contribution < 1.29 is 0 Å². The number of benzene rings is 1. The maximum absolute atomic E-state index is 5.73. The van der Waals surface area contributed by atoms with Crippen LogP contribution in [-0.2, 0) is 13.0 Å². The summed E-state index contributed by atoms with van der Waals surface area (Å²) < 4.78 is 2.43. The van der Waals surface area contributed by atoms with Crippen molar-refractivity contribution in [3.63, 3.8) is 0 Å². The summed E-state index contributed by atoms with van der Waals surface area (Å²) in [5, 5.41) is 1.37. The van der Waals surface area contributed by atoms with Crippen molar-refractivity contribution in [3.05, 3.63) is 35.5 Å². The first-order valence-corrected chi connectivity index (χ1v) is 5.57. The van der Waals surface area contributed by atoms with Gasteiger partial charge in [-0.3, -0.25) is 0 Å². The zero-order valence-corrected chi connectivity index (χ0v) is 9.03. The summed E-state index contributed by atoms with van der Waals surface area (Å²) in [6.07, 6.45) is 1.14. The lowest BCUT2D eigenvalue weighted by Crippen LogP contribution is -2.15. The quantitative estimate of drug-likeness (QED) is 0.750. The molecule has 0 amide bonds. The smallest absolute Gasteiger partial charge is 0.0485 e. The summed E-state index contributed by atoms with van der Waals surface area (Å²) in [5.74, 6) is 0.643. The molecule has 15 heavy (non-hydrogen) atoms. The molecule has 2 heterocycles. The molecular weight excluding hydrogens is 184 g/mol. The Morgan fingerprint density at radius 3 is 3.07 bits per heavy atom. The van der Waals surface area contributed by atoms with Crippen LogP contribution in [0.5, 0.6) is 0 Å². The molecule has 78 valence electrons. The molecule has 1 atom stereocenters. The summed E-state index contributed by atoms with van der Waals surface area (Å²) >= 11 is 0. The second-order valence-corrected chi connectivity index (χ2v) is 4.61. The third-order valence-electron chi connectivity index (χ3n) is 3.42. The van der Waals surface area contributed by atoms with Gasteiger partial charge >= 0.3 is 0 Å². The first-order valence-electron chi connectivity index (χ1n) is 5.57. The molecule has 2 N–H and O–H groups in total. The van der Waals surface area contributed by atoms with Crippen LogP contribution < -0.4 is 5.73 Å². The fourth-order valence-corrected chi connectivity index (χ4v) is 2.58. The maximum atomic E-state index is 5.73. The molecule has 0 saturated carbocycles. The van der Waals surface area contributed by atoms with E-state index in [4.69, 9.17) is 5.73 Å². The van der Waals surface area contributed by atoms with Crippen LogP contribution in [0.25, 0.3) is 10.9 Å². The highest BCUT2D eigenvalue weighted by Crippen LogP contribution is 2.29. The van der Waals surface area contributed by atoms with Gasteiger partial charge in [0.25, 0.3) is 0 Å². The molecule has 0 aliphatic carbocycles. The number of fused-ring (bicyclic) bond motifs is 3. The van der Waals surface area contributed by atoms with Crippen LogP contribution in [-0.4, -0.2) is 11.1 Å². The third-order valence-corrected chi connectivity index (χ3v) is 3.42. The van der Waals surface area contributed by atoms with Crippen molar-refractivity contribution in [2.24, 2.45) is 11.7 Å². The molecule has 0 fully saturated rings. The van der Waals surface area contributed by atoms with E-state index in [1.165, 1.54) is 22.2 Å². The van der Waals surface area contributed by atoms with Gasteiger partial charge in [0.2, 0.25) is 0 Å². The Morgan fingerprint density at radius 2 is 2.27 bits per heavy atom. The number of rotatable bonds is 1. The van der Waals surface area contributed by atoms with Crippen LogP contribution in [0.1, 0.15) is 11.3 Å². The van der Waals surface area contributed by atoms with E-state index in [1.54, 1.807) is 0 Å². The van der Waals surface area contributed by atoms with Gasteiger partial charge < -0.3 is 10.3 Å². The molecular formula is C13H16N2. The summed E-state index contributed by atoms with van der Waals surface area (Å²) in [5.41, 5.74) is 9.89. The van der Waals surface area contributed by atoms with Crippen molar-refractivity contribution in [2.75, 3.05) is 6.54 Å². The maximum Gasteiger partial charge on any atom is 0.0485 e. The zero-order chi connectivity index (χ0) is 10.4. The Kier molecular flexibility index (Phi) is 1.86. The predicted molar refractivity (Wildman–Crippen MR) is 62.9 cm³/mol. The molecule has 2 heteroatoms. The van der Waals surface area contributed by atoms with E-state index in [0.29, 0.717) is 5.92 Å². The van der Waals surface area contributed by atoms with Gasteiger partial charge in [0.1, 0.15) is 0 Å². The molecule has 1 unspecified atom stereocenters. The first kappa shape index (κ1) is 8.98. The zero-order valence-electron chi connectivity index (χ0n) is 9.03. The largest absolute Gasteiger partial charge is 0.344 e. The summed E-state index contributed by atoms with van der Waals surface area (Å²) in [6.45, 7) is 4.04. The van der Waals surface area contributed by atoms with Gasteiger partial charge in [-0.05, 0) is 48.9 Å². The van der Waals surface area contributed by atoms with Crippen LogP contribution in [0.2, 0.25) is 0 Å². The van der Waals surface area contributed by atoms with Crippen molar-refractivity contribution in [1.29, 1.82) is 0 Å². The number of aromatic nitrogens is 1. The highest BCUT2D eigenvalue weighted by atomic mass is 15.0. The van der Waals surface area contributed by atoms with E-state index in [1.807, 2.05) is 0 Å². The van der Waals surface area contributed by atoms with Gasteiger partial charge in [-0.2, -0.15) is 0 Å². The number of aryl methyl sites for hydroxylation is 1. The second-order valence-electron chi connectivity index (χ2n) is 4.61. The number of hydrogen-bond acceptors (Lipinski definition) is 1. The Morgan fingerprint density at radius 1 is 1.40 bits per heavy atom. The minimum atomic E-state index is 0.643. The highest BCUT2D eigenvalue weighted by molar-refractivity contribution is 5.82. The van der Waals surface area contributed by atoms with Gasteiger partial charge in [0.05, 0.1) is 0 Å². The normalized spacial score (nSPS) is 19.7. The van der Waals surface area contributed by atoms with Gasteiger partial charge in [0, 0.05) is 17.8 Å². The minimum absolute atomic E-state index is 0.643. The molecule has 0 spiro atoms. The molecule has 0 bridgehead atoms. The standard InChI is InChI=1S/C13H16N2/c1-9-2-3-11-6-12-5-10(7-14)8-15(12)13(11)4-9/h2-4,6,10H,5,7-8,14H2,1H3. The van der Waals surface area contributed by atoms with Crippen molar-refractivity contribution in [3.8, 4) is 0 Å². The first-order chi connectivity index (χ1) is 7.28. The molecule has 1 aromatic heterocycles. The monoisotopic (exact) mass is 200 g/mol. The average molecular weight is 200 g/mol. The fourth-order valence-electron chi connectivity index (χ4n) is 2.58. The van der Waals surface area contributed by atoms with E-state index in [-0.39, 0.29) is 0 Å².